The third kappa shape index (κ3) is 6.17. The summed E-state index contributed by atoms with van der Waals surface area (Å²) in [6, 6.07) is 2.72. The summed E-state index contributed by atoms with van der Waals surface area (Å²) in [6.45, 7) is 3.86. The monoisotopic (exact) mass is 585 g/mol. The van der Waals surface area contributed by atoms with Crippen LogP contribution < -0.4 is 10.6 Å². The molecule has 3 aliphatic rings. The molecule has 0 saturated heterocycles. The first-order valence-electron chi connectivity index (χ1n) is 15.1. The van der Waals surface area contributed by atoms with Gasteiger partial charge in [0, 0.05) is 31.5 Å². The number of aromatic nitrogens is 5. The fourth-order valence-electron chi connectivity index (χ4n) is 6.40. The molecule has 0 radical (unpaired) electrons. The van der Waals surface area contributed by atoms with Gasteiger partial charge in [-0.3, -0.25) is 14.3 Å². The van der Waals surface area contributed by atoms with E-state index in [2.05, 4.69) is 20.8 Å². The lowest BCUT2D eigenvalue weighted by Gasteiger charge is -2.33. The SMILES string of the molecule is CC(C)n1nccc1C(=O)N[C@H](c1cn2ncc(C(NC(=O)CC3CC(F)C3)C3CC3)cc2n1)C1CCC(F)(F)CC1. The number of nitrogens with zero attached hydrogens (tertiary/aromatic N) is 5. The average Bonchev–Trinajstić information content (AvgIpc) is 3.47. The van der Waals surface area contributed by atoms with E-state index in [1.165, 1.54) is 0 Å². The molecule has 2 amide bonds. The predicted molar refractivity (Wildman–Crippen MR) is 149 cm³/mol. The van der Waals surface area contributed by atoms with Crippen molar-refractivity contribution in [2.75, 3.05) is 0 Å². The highest BCUT2D eigenvalue weighted by Crippen LogP contribution is 2.43. The molecule has 3 aromatic heterocycles. The second-order valence-electron chi connectivity index (χ2n) is 12.7. The van der Waals surface area contributed by atoms with E-state index >= 15 is 0 Å². The smallest absolute Gasteiger partial charge is 0.270 e. The third-order valence-electron chi connectivity index (χ3n) is 9.01. The molecule has 1 unspecified atom stereocenters. The molecule has 42 heavy (non-hydrogen) atoms. The number of fused-ring (bicyclic) bond motifs is 1. The molecule has 0 spiro atoms. The molecule has 3 fully saturated rings. The molecule has 0 aromatic carbocycles. The largest absolute Gasteiger partial charge is 0.349 e. The average molecular weight is 586 g/mol. The first kappa shape index (κ1) is 28.7. The second-order valence-corrected chi connectivity index (χ2v) is 12.7. The number of halogens is 3. The number of rotatable bonds is 10. The molecule has 3 saturated carbocycles. The topological polar surface area (TPSA) is 106 Å². The van der Waals surface area contributed by atoms with Crippen molar-refractivity contribution in [3.05, 3.63) is 47.7 Å². The van der Waals surface area contributed by atoms with Gasteiger partial charge in [0.2, 0.25) is 11.8 Å². The number of carbonyl (C=O) groups excluding carboxylic acids is 2. The van der Waals surface area contributed by atoms with E-state index in [-0.39, 0.29) is 61.4 Å². The summed E-state index contributed by atoms with van der Waals surface area (Å²) in [5.41, 5.74) is 2.34. The van der Waals surface area contributed by atoms with Gasteiger partial charge in [-0.1, -0.05) is 0 Å². The fraction of sp³-hybridized carbons (Fsp3) is 0.633. The van der Waals surface area contributed by atoms with Crippen LogP contribution in [0.15, 0.2) is 30.7 Å². The zero-order valence-electron chi connectivity index (χ0n) is 24.0. The molecule has 6 rings (SSSR count). The molecular formula is C30H38F3N7O2. The summed E-state index contributed by atoms with van der Waals surface area (Å²) in [4.78, 5) is 31.0. The fourth-order valence-corrected chi connectivity index (χ4v) is 6.40. The van der Waals surface area contributed by atoms with Crippen molar-refractivity contribution in [2.24, 2.45) is 17.8 Å². The summed E-state index contributed by atoms with van der Waals surface area (Å²) in [5.74, 6) is -2.93. The Morgan fingerprint density at radius 2 is 1.76 bits per heavy atom. The second kappa shape index (κ2) is 11.3. The van der Waals surface area contributed by atoms with Gasteiger partial charge in [0.05, 0.1) is 30.2 Å². The Labute approximate surface area is 242 Å². The first-order valence-corrected chi connectivity index (χ1v) is 15.1. The zero-order valence-corrected chi connectivity index (χ0v) is 24.0. The van der Waals surface area contributed by atoms with Gasteiger partial charge in [-0.25, -0.2) is 22.7 Å². The lowest BCUT2D eigenvalue weighted by Crippen LogP contribution is -2.38. The molecule has 3 aliphatic carbocycles. The van der Waals surface area contributed by atoms with Crippen molar-refractivity contribution < 1.29 is 22.8 Å². The number of alkyl halides is 3. The number of nitrogens with one attached hydrogen (secondary N) is 2. The van der Waals surface area contributed by atoms with E-state index in [0.29, 0.717) is 42.2 Å². The van der Waals surface area contributed by atoms with Crippen LogP contribution in [0.5, 0.6) is 0 Å². The van der Waals surface area contributed by atoms with Crippen LogP contribution in [0.25, 0.3) is 5.65 Å². The summed E-state index contributed by atoms with van der Waals surface area (Å²) in [5, 5.41) is 15.0. The van der Waals surface area contributed by atoms with E-state index in [4.69, 9.17) is 4.98 Å². The van der Waals surface area contributed by atoms with Crippen molar-refractivity contribution in [1.29, 1.82) is 0 Å². The van der Waals surface area contributed by atoms with E-state index in [1.807, 2.05) is 19.9 Å². The van der Waals surface area contributed by atoms with Gasteiger partial charge in [-0.05, 0) is 87.8 Å². The molecule has 3 heterocycles. The number of amides is 2. The quantitative estimate of drug-likeness (QED) is 0.327. The highest BCUT2D eigenvalue weighted by molar-refractivity contribution is 5.92. The van der Waals surface area contributed by atoms with Gasteiger partial charge >= 0.3 is 0 Å². The maximum Gasteiger partial charge on any atom is 0.270 e. The lowest BCUT2D eigenvalue weighted by atomic mass is 9.81. The van der Waals surface area contributed by atoms with E-state index < -0.39 is 18.1 Å². The van der Waals surface area contributed by atoms with Crippen LogP contribution in [-0.4, -0.2) is 48.3 Å². The molecule has 0 aliphatic heterocycles. The van der Waals surface area contributed by atoms with Crippen molar-refractivity contribution in [3.63, 3.8) is 0 Å². The number of imidazole rings is 1. The minimum Gasteiger partial charge on any atom is -0.349 e. The Kier molecular flexibility index (Phi) is 7.74. The van der Waals surface area contributed by atoms with Crippen LogP contribution in [0.3, 0.4) is 0 Å². The summed E-state index contributed by atoms with van der Waals surface area (Å²) >= 11 is 0. The maximum absolute atomic E-state index is 14.1. The Balaban J connectivity index is 1.25. The molecular weight excluding hydrogens is 547 g/mol. The zero-order chi connectivity index (χ0) is 29.6. The number of carbonyl (C=O) groups is 2. The minimum absolute atomic E-state index is 0.0281. The van der Waals surface area contributed by atoms with Crippen LogP contribution in [0.1, 0.15) is 112 Å². The molecule has 226 valence electrons. The van der Waals surface area contributed by atoms with Crippen LogP contribution >= 0.6 is 0 Å². The van der Waals surface area contributed by atoms with Gasteiger partial charge in [0.15, 0.2) is 5.65 Å². The van der Waals surface area contributed by atoms with E-state index in [0.717, 1.165) is 18.4 Å². The highest BCUT2D eigenvalue weighted by Gasteiger charge is 2.40. The Morgan fingerprint density at radius 1 is 1.05 bits per heavy atom. The van der Waals surface area contributed by atoms with Crippen molar-refractivity contribution in [3.8, 4) is 0 Å². The van der Waals surface area contributed by atoms with Gasteiger partial charge in [-0.15, -0.1) is 0 Å². The third-order valence-corrected chi connectivity index (χ3v) is 9.01. The summed E-state index contributed by atoms with van der Waals surface area (Å²) < 4.78 is 44.6. The van der Waals surface area contributed by atoms with Crippen molar-refractivity contribution >= 4 is 17.5 Å². The minimum atomic E-state index is -2.70. The van der Waals surface area contributed by atoms with Gasteiger partial charge < -0.3 is 10.6 Å². The van der Waals surface area contributed by atoms with Crippen LogP contribution in [-0.2, 0) is 4.79 Å². The predicted octanol–water partition coefficient (Wildman–Crippen LogP) is 5.51. The molecule has 3 aromatic rings. The van der Waals surface area contributed by atoms with E-state index in [1.54, 1.807) is 33.9 Å². The van der Waals surface area contributed by atoms with Crippen LogP contribution in [0.2, 0.25) is 0 Å². The molecule has 2 N–H and O–H groups in total. The van der Waals surface area contributed by atoms with Crippen LogP contribution in [0.4, 0.5) is 13.2 Å². The Morgan fingerprint density at radius 3 is 2.43 bits per heavy atom. The summed E-state index contributed by atoms with van der Waals surface area (Å²) in [6.07, 6.45) is 7.50. The lowest BCUT2D eigenvalue weighted by molar-refractivity contribution is -0.124. The first-order chi connectivity index (χ1) is 20.1. The van der Waals surface area contributed by atoms with Crippen LogP contribution in [0, 0.1) is 17.8 Å². The molecule has 12 heteroatoms. The highest BCUT2D eigenvalue weighted by atomic mass is 19.3. The Bertz CT molecular complexity index is 1430. The van der Waals surface area contributed by atoms with Gasteiger partial charge in [0.25, 0.3) is 5.91 Å². The number of hydrogen-bond acceptors (Lipinski definition) is 5. The Hall–Kier alpha value is -3.44. The van der Waals surface area contributed by atoms with E-state index in [9.17, 15) is 22.8 Å². The molecule has 0 bridgehead atoms. The van der Waals surface area contributed by atoms with Crippen molar-refractivity contribution in [2.45, 2.75) is 102 Å². The van der Waals surface area contributed by atoms with Crippen molar-refractivity contribution in [1.82, 2.24) is 35.0 Å². The maximum atomic E-state index is 14.1. The normalized spacial score (nSPS) is 23.9. The van der Waals surface area contributed by atoms with Gasteiger partial charge in [0.1, 0.15) is 11.9 Å². The number of hydrogen-bond donors (Lipinski definition) is 2. The summed E-state index contributed by atoms with van der Waals surface area (Å²) in [7, 11) is 0. The molecule has 9 nitrogen and oxygen atoms in total. The standard InChI is InChI=1S/C30H38F3N7O2/c1-17(2)40-24(7-10-34-40)29(42)38-28(20-5-8-30(32,33)9-6-20)23-16-39-25(36-23)14-21(15-35-39)27(19-3-4-19)37-26(41)13-18-11-22(31)12-18/h7,10,14-20,22,27-28H,3-6,8-9,11-13H2,1-2H3,(H,37,41)(H,38,42)/t18?,22?,27?,28-/m0/s1. The van der Waals surface area contributed by atoms with Gasteiger partial charge in [-0.2, -0.15) is 10.2 Å². The molecule has 2 atom stereocenters.